The molecule has 1 N–H and O–H groups in total. The van der Waals surface area contributed by atoms with Gasteiger partial charge >= 0.3 is 5.97 Å². The average molecular weight is 591 g/mol. The molecule has 0 aliphatic carbocycles. The summed E-state index contributed by atoms with van der Waals surface area (Å²) in [7, 11) is 1.33. The Balaban J connectivity index is 1.42. The maximum absolute atomic E-state index is 12.9. The third-order valence-electron chi connectivity index (χ3n) is 6.32. The zero-order valence-corrected chi connectivity index (χ0v) is 25.5. The number of anilines is 1. The van der Waals surface area contributed by atoms with Crippen LogP contribution in [0.5, 0.6) is 5.75 Å². The number of carbonyl (C=O) groups is 2. The van der Waals surface area contributed by atoms with E-state index in [0.717, 1.165) is 16.9 Å². The fraction of sp³-hybridized carbons (Fsp3) is 0.290. The number of aryl methyl sites for hydroxylation is 1. The van der Waals surface area contributed by atoms with Gasteiger partial charge in [-0.25, -0.2) is 4.79 Å². The summed E-state index contributed by atoms with van der Waals surface area (Å²) < 4.78 is 12.9. The lowest BCUT2D eigenvalue weighted by atomic mass is 9.87. The monoisotopic (exact) mass is 590 g/mol. The summed E-state index contributed by atoms with van der Waals surface area (Å²) >= 11 is 2.53. The molecule has 2 aromatic carbocycles. The Kier molecular flexibility index (Phi) is 9.67. The number of amides is 1. The van der Waals surface area contributed by atoms with Crippen LogP contribution in [0, 0.1) is 6.92 Å². The highest BCUT2D eigenvalue weighted by atomic mass is 32.2. The first-order valence-electron chi connectivity index (χ1n) is 13.1. The maximum atomic E-state index is 12.9. The fourth-order valence-electron chi connectivity index (χ4n) is 4.04. The van der Waals surface area contributed by atoms with E-state index in [0.29, 0.717) is 33.7 Å². The Bertz CT molecular complexity index is 1520. The Morgan fingerprint density at radius 1 is 1.10 bits per heavy atom. The Hall–Kier alpha value is -3.89. The van der Waals surface area contributed by atoms with Gasteiger partial charge in [0.2, 0.25) is 5.91 Å². The van der Waals surface area contributed by atoms with Gasteiger partial charge in [-0.1, -0.05) is 80.6 Å². The zero-order chi connectivity index (χ0) is 29.6. The second kappa shape index (κ2) is 13.2. The van der Waals surface area contributed by atoms with Gasteiger partial charge in [-0.3, -0.25) is 9.36 Å². The number of aromatic nitrogens is 3. The molecule has 41 heavy (non-hydrogen) atoms. The van der Waals surface area contributed by atoms with Crippen molar-refractivity contribution in [1.29, 1.82) is 0 Å². The molecule has 0 aliphatic rings. The molecule has 4 aromatic rings. The molecule has 214 valence electrons. The normalized spacial score (nSPS) is 11.2. The van der Waals surface area contributed by atoms with E-state index in [2.05, 4.69) is 55.0 Å². The highest BCUT2D eigenvalue weighted by Crippen LogP contribution is 2.36. The topological polar surface area (TPSA) is 95.3 Å². The van der Waals surface area contributed by atoms with Crippen molar-refractivity contribution >= 4 is 40.0 Å². The molecular formula is C31H34N4O4S2. The van der Waals surface area contributed by atoms with Crippen LogP contribution in [0.15, 0.2) is 71.7 Å². The molecule has 0 aliphatic heterocycles. The van der Waals surface area contributed by atoms with E-state index >= 15 is 0 Å². The number of ether oxygens (including phenoxy) is 2. The lowest BCUT2D eigenvalue weighted by molar-refractivity contribution is -0.113. The van der Waals surface area contributed by atoms with Gasteiger partial charge in [0.15, 0.2) is 11.0 Å². The van der Waals surface area contributed by atoms with Crippen LogP contribution in [-0.2, 0) is 28.1 Å². The number of hydrogen-bond donors (Lipinski definition) is 1. The molecule has 0 spiro atoms. The Morgan fingerprint density at radius 2 is 1.80 bits per heavy atom. The van der Waals surface area contributed by atoms with Crippen LogP contribution in [-0.4, -0.2) is 39.5 Å². The molecule has 0 fully saturated rings. The summed E-state index contributed by atoms with van der Waals surface area (Å²) in [5.74, 6) is 0.655. The molecule has 8 nitrogen and oxygen atoms in total. The predicted molar refractivity (Wildman–Crippen MR) is 165 cm³/mol. The zero-order valence-electron chi connectivity index (χ0n) is 23.9. The first kappa shape index (κ1) is 30.1. The van der Waals surface area contributed by atoms with Crippen molar-refractivity contribution in [3.05, 3.63) is 89.1 Å². The average Bonchev–Trinajstić information content (AvgIpc) is 3.54. The van der Waals surface area contributed by atoms with Crippen LogP contribution in [0.4, 0.5) is 5.00 Å². The van der Waals surface area contributed by atoms with Crippen molar-refractivity contribution in [2.45, 2.75) is 51.4 Å². The minimum Gasteiger partial charge on any atom is -0.486 e. The predicted octanol–water partition coefficient (Wildman–Crippen LogP) is 6.89. The first-order chi connectivity index (χ1) is 19.6. The lowest BCUT2D eigenvalue weighted by Crippen LogP contribution is -2.16. The maximum Gasteiger partial charge on any atom is 0.341 e. The second-order valence-electron chi connectivity index (χ2n) is 10.4. The molecule has 0 radical (unpaired) electrons. The van der Waals surface area contributed by atoms with Gasteiger partial charge in [0.1, 0.15) is 22.9 Å². The van der Waals surface area contributed by atoms with E-state index in [4.69, 9.17) is 9.47 Å². The van der Waals surface area contributed by atoms with E-state index in [1.54, 1.807) is 6.08 Å². The number of nitrogens with one attached hydrogen (secondary N) is 1. The number of rotatable bonds is 11. The molecule has 0 saturated heterocycles. The molecule has 0 bridgehead atoms. The smallest absolute Gasteiger partial charge is 0.341 e. The van der Waals surface area contributed by atoms with Gasteiger partial charge in [-0.15, -0.1) is 28.1 Å². The van der Waals surface area contributed by atoms with Crippen molar-refractivity contribution in [1.82, 2.24) is 14.8 Å². The molecule has 2 heterocycles. The van der Waals surface area contributed by atoms with Gasteiger partial charge in [0.25, 0.3) is 0 Å². The molecule has 1 amide bonds. The van der Waals surface area contributed by atoms with Crippen LogP contribution in [0.2, 0.25) is 0 Å². The van der Waals surface area contributed by atoms with Crippen LogP contribution >= 0.6 is 23.1 Å². The highest BCUT2D eigenvalue weighted by molar-refractivity contribution is 7.99. The van der Waals surface area contributed by atoms with Gasteiger partial charge in [-0.05, 0) is 35.6 Å². The number of allylic oxidation sites excluding steroid dienone is 1. The van der Waals surface area contributed by atoms with Gasteiger partial charge in [0.05, 0.1) is 12.9 Å². The van der Waals surface area contributed by atoms with E-state index in [1.165, 1.54) is 35.8 Å². The van der Waals surface area contributed by atoms with Crippen LogP contribution in [0.1, 0.15) is 48.1 Å². The number of hydrogen-bond acceptors (Lipinski definition) is 8. The SMILES string of the molecule is C=CCn1c(COc2ccc(C(C)(C)C)cc2)nnc1SCC(=O)Nc1scc(-c2ccc(C)cc2)c1C(=O)OC. The minimum absolute atomic E-state index is 0.0643. The largest absolute Gasteiger partial charge is 0.486 e. The van der Waals surface area contributed by atoms with Crippen molar-refractivity contribution in [2.24, 2.45) is 0 Å². The molecule has 0 atom stereocenters. The van der Waals surface area contributed by atoms with E-state index in [1.807, 2.05) is 53.3 Å². The molecule has 4 rings (SSSR count). The number of nitrogens with zero attached hydrogens (tertiary/aromatic N) is 3. The molecule has 0 saturated carbocycles. The minimum atomic E-state index is -0.506. The molecule has 2 aromatic heterocycles. The Labute approximate surface area is 248 Å². The number of methoxy groups -OCH3 is 1. The lowest BCUT2D eigenvalue weighted by Gasteiger charge is -2.19. The van der Waals surface area contributed by atoms with Gasteiger partial charge in [-0.2, -0.15) is 0 Å². The quantitative estimate of drug-likeness (QED) is 0.115. The third-order valence-corrected chi connectivity index (χ3v) is 8.18. The van der Waals surface area contributed by atoms with Crippen molar-refractivity contribution in [3.63, 3.8) is 0 Å². The van der Waals surface area contributed by atoms with Crippen molar-refractivity contribution in [2.75, 3.05) is 18.2 Å². The van der Waals surface area contributed by atoms with Crippen LogP contribution in [0.3, 0.4) is 0 Å². The summed E-state index contributed by atoms with van der Waals surface area (Å²) in [6.07, 6.45) is 1.75. The standard InChI is InChI=1S/C31H34N4O4S2/c1-7-16-35-25(17-39-23-14-12-22(13-15-23)31(3,4)5)33-34-30(35)41-19-26(36)32-28-27(29(37)38-6)24(18-40-28)21-10-8-20(2)9-11-21/h7-15,18H,1,16-17,19H2,2-6H3,(H,32,36). The Morgan fingerprint density at radius 3 is 2.44 bits per heavy atom. The summed E-state index contributed by atoms with van der Waals surface area (Å²) in [6.45, 7) is 13.0. The summed E-state index contributed by atoms with van der Waals surface area (Å²) in [5, 5.41) is 14.3. The molecule has 0 unspecified atom stereocenters. The third kappa shape index (κ3) is 7.45. The van der Waals surface area contributed by atoms with Crippen molar-refractivity contribution < 1.29 is 19.1 Å². The van der Waals surface area contributed by atoms with Crippen molar-refractivity contribution in [3.8, 4) is 16.9 Å². The highest BCUT2D eigenvalue weighted by Gasteiger charge is 2.23. The van der Waals surface area contributed by atoms with Gasteiger partial charge < -0.3 is 14.8 Å². The molecular weight excluding hydrogens is 556 g/mol. The number of carbonyl (C=O) groups excluding carboxylic acids is 2. The summed E-state index contributed by atoms with van der Waals surface area (Å²) in [5.41, 5.74) is 4.33. The number of thioether (sulfide) groups is 1. The van der Waals surface area contributed by atoms with Crippen LogP contribution in [0.25, 0.3) is 11.1 Å². The fourth-order valence-corrected chi connectivity index (χ4v) is 5.78. The number of esters is 1. The first-order valence-corrected chi connectivity index (χ1v) is 14.9. The summed E-state index contributed by atoms with van der Waals surface area (Å²) in [4.78, 5) is 25.6. The van der Waals surface area contributed by atoms with E-state index < -0.39 is 5.97 Å². The summed E-state index contributed by atoms with van der Waals surface area (Å²) in [6, 6.07) is 15.9. The number of benzene rings is 2. The second-order valence-corrected chi connectivity index (χ2v) is 12.2. The van der Waals surface area contributed by atoms with E-state index in [9.17, 15) is 9.59 Å². The van der Waals surface area contributed by atoms with Gasteiger partial charge in [0, 0.05) is 17.5 Å². The van der Waals surface area contributed by atoms with E-state index in [-0.39, 0.29) is 23.7 Å². The number of thiophene rings is 1. The molecule has 10 heteroatoms. The van der Waals surface area contributed by atoms with Crippen LogP contribution < -0.4 is 10.1 Å².